The van der Waals surface area contributed by atoms with E-state index < -0.39 is 11.9 Å². The molecule has 8 heteroatoms. The number of carbonyl (C=O) groups is 2. The van der Waals surface area contributed by atoms with Gasteiger partial charge in [-0.3, -0.25) is 9.59 Å². The predicted octanol–water partition coefficient (Wildman–Crippen LogP) is 3.84. The lowest BCUT2D eigenvalue weighted by Crippen LogP contribution is -2.15. The highest BCUT2D eigenvalue weighted by Gasteiger charge is 2.32. The molecular weight excluding hydrogens is 396 g/mol. The van der Waals surface area contributed by atoms with Gasteiger partial charge in [0.15, 0.2) is 11.6 Å². The fraction of sp³-hybridized carbons (Fsp3) is 0.217. The van der Waals surface area contributed by atoms with Gasteiger partial charge in [0.05, 0.1) is 23.6 Å². The zero-order valence-electron chi connectivity index (χ0n) is 17.5. The van der Waals surface area contributed by atoms with E-state index in [9.17, 15) is 9.59 Å². The lowest BCUT2D eigenvalue weighted by atomic mass is 9.91. The number of imidazole rings is 1. The first-order valence-electron chi connectivity index (χ1n) is 9.83. The van der Waals surface area contributed by atoms with E-state index in [-0.39, 0.29) is 18.1 Å². The predicted molar refractivity (Wildman–Crippen MR) is 112 cm³/mol. The van der Waals surface area contributed by atoms with Crippen molar-refractivity contribution in [1.82, 2.24) is 19.3 Å². The molecule has 3 heterocycles. The van der Waals surface area contributed by atoms with E-state index in [4.69, 9.17) is 9.15 Å². The van der Waals surface area contributed by atoms with Gasteiger partial charge in [-0.1, -0.05) is 18.2 Å². The SMILES string of the molecule is CC(=O)Oc1c([C@H](CC(=O)c2nccn2C)c2ccco2)c(C)nn1-c1ccccc1. The molecule has 4 aromatic rings. The Kier molecular flexibility index (Phi) is 5.53. The van der Waals surface area contributed by atoms with Crippen LogP contribution in [0.3, 0.4) is 0 Å². The van der Waals surface area contributed by atoms with Gasteiger partial charge in [-0.15, -0.1) is 0 Å². The van der Waals surface area contributed by atoms with Crippen LogP contribution in [0.25, 0.3) is 5.69 Å². The monoisotopic (exact) mass is 418 g/mol. The standard InChI is InChI=1S/C23H22N4O4/c1-15-21(23(31-16(2)28)27(25-15)17-8-5-4-6-9-17)18(20-10-7-13-30-20)14-19(29)22-24-11-12-26(22)3/h4-13,18H,14H2,1-3H3/t18-/m1/s1. The van der Waals surface area contributed by atoms with Crippen LogP contribution in [0.15, 0.2) is 65.5 Å². The lowest BCUT2D eigenvalue weighted by Gasteiger charge is -2.16. The molecule has 1 aromatic carbocycles. The van der Waals surface area contributed by atoms with Crippen LogP contribution in [0.1, 0.15) is 46.9 Å². The summed E-state index contributed by atoms with van der Waals surface area (Å²) in [5.41, 5.74) is 1.99. The summed E-state index contributed by atoms with van der Waals surface area (Å²) in [7, 11) is 1.77. The number of hydrogen-bond acceptors (Lipinski definition) is 6. The summed E-state index contributed by atoms with van der Waals surface area (Å²) in [4.78, 5) is 29.2. The van der Waals surface area contributed by atoms with Gasteiger partial charge in [0.2, 0.25) is 5.88 Å². The average Bonchev–Trinajstić information content (AvgIpc) is 3.48. The number of Topliss-reactive ketones (excluding diaryl/α,β-unsaturated/α-hetero) is 1. The number of rotatable bonds is 7. The van der Waals surface area contributed by atoms with Gasteiger partial charge in [0, 0.05) is 38.3 Å². The maximum atomic E-state index is 13.1. The molecule has 0 aliphatic rings. The quantitative estimate of drug-likeness (QED) is 0.334. The summed E-state index contributed by atoms with van der Waals surface area (Å²) < 4.78 is 14.5. The Bertz CT molecular complexity index is 1210. The Morgan fingerprint density at radius 3 is 2.55 bits per heavy atom. The minimum atomic E-state index is -0.508. The van der Waals surface area contributed by atoms with E-state index in [1.807, 2.05) is 37.3 Å². The number of aryl methyl sites for hydroxylation is 2. The van der Waals surface area contributed by atoms with Crippen LogP contribution >= 0.6 is 0 Å². The molecule has 31 heavy (non-hydrogen) atoms. The minimum Gasteiger partial charge on any atom is -0.469 e. The smallest absolute Gasteiger partial charge is 0.309 e. The van der Waals surface area contributed by atoms with Gasteiger partial charge in [-0.2, -0.15) is 5.10 Å². The van der Waals surface area contributed by atoms with E-state index >= 15 is 0 Å². The van der Waals surface area contributed by atoms with Crippen molar-refractivity contribution in [3.63, 3.8) is 0 Å². The maximum absolute atomic E-state index is 13.1. The van der Waals surface area contributed by atoms with Crippen molar-refractivity contribution in [3.8, 4) is 11.6 Å². The summed E-state index contributed by atoms with van der Waals surface area (Å²) in [6, 6.07) is 12.9. The molecule has 4 rings (SSSR count). The fourth-order valence-corrected chi connectivity index (χ4v) is 3.64. The molecule has 1 atom stereocenters. The van der Waals surface area contributed by atoms with Gasteiger partial charge in [0.1, 0.15) is 5.76 Å². The number of aromatic nitrogens is 4. The van der Waals surface area contributed by atoms with Gasteiger partial charge in [-0.05, 0) is 31.2 Å². The molecule has 0 aliphatic carbocycles. The van der Waals surface area contributed by atoms with Crippen molar-refractivity contribution in [2.75, 3.05) is 0 Å². The second kappa shape index (κ2) is 8.43. The summed E-state index contributed by atoms with van der Waals surface area (Å²) in [5.74, 6) is 0.0445. The number of carbonyl (C=O) groups excluding carboxylic acids is 2. The highest BCUT2D eigenvalue weighted by Crippen LogP contribution is 2.39. The first-order valence-corrected chi connectivity index (χ1v) is 9.83. The Labute approximate surface area is 179 Å². The maximum Gasteiger partial charge on any atom is 0.309 e. The zero-order valence-corrected chi connectivity index (χ0v) is 17.5. The first kappa shape index (κ1) is 20.3. The lowest BCUT2D eigenvalue weighted by molar-refractivity contribution is -0.132. The van der Waals surface area contributed by atoms with Crippen molar-refractivity contribution >= 4 is 11.8 Å². The molecule has 0 bridgehead atoms. The highest BCUT2D eigenvalue weighted by atomic mass is 16.5. The number of hydrogen-bond donors (Lipinski definition) is 0. The van der Waals surface area contributed by atoms with E-state index in [2.05, 4.69) is 10.1 Å². The van der Waals surface area contributed by atoms with Crippen LogP contribution in [-0.2, 0) is 11.8 Å². The van der Waals surface area contributed by atoms with Crippen LogP contribution in [0.2, 0.25) is 0 Å². The van der Waals surface area contributed by atoms with Crippen LogP contribution in [-0.4, -0.2) is 31.1 Å². The normalized spacial score (nSPS) is 12.0. The summed E-state index contributed by atoms with van der Waals surface area (Å²) in [6.45, 7) is 3.16. The summed E-state index contributed by atoms with van der Waals surface area (Å²) in [5, 5.41) is 4.62. The van der Waals surface area contributed by atoms with Crippen molar-refractivity contribution in [3.05, 3.63) is 84.0 Å². The van der Waals surface area contributed by atoms with Crippen LogP contribution in [0, 0.1) is 6.92 Å². The topological polar surface area (TPSA) is 92.2 Å². The number of para-hydroxylation sites is 1. The molecule has 0 N–H and O–H groups in total. The number of furan rings is 1. The number of ether oxygens (including phenoxy) is 1. The molecule has 0 amide bonds. The summed E-state index contributed by atoms with van der Waals surface area (Å²) in [6.07, 6.45) is 4.93. The molecule has 0 radical (unpaired) electrons. The third-order valence-corrected chi connectivity index (χ3v) is 5.00. The Morgan fingerprint density at radius 2 is 1.94 bits per heavy atom. The third kappa shape index (κ3) is 4.05. The van der Waals surface area contributed by atoms with Gasteiger partial charge in [-0.25, -0.2) is 9.67 Å². The Balaban J connectivity index is 1.85. The molecule has 0 spiro atoms. The zero-order chi connectivity index (χ0) is 22.0. The largest absolute Gasteiger partial charge is 0.469 e. The van der Waals surface area contributed by atoms with Gasteiger partial charge < -0.3 is 13.7 Å². The van der Waals surface area contributed by atoms with E-state index in [1.54, 1.807) is 47.1 Å². The van der Waals surface area contributed by atoms with Crippen molar-refractivity contribution < 1.29 is 18.7 Å². The average molecular weight is 418 g/mol. The second-order valence-electron chi connectivity index (χ2n) is 7.20. The van der Waals surface area contributed by atoms with Gasteiger partial charge in [0.25, 0.3) is 0 Å². The van der Waals surface area contributed by atoms with Crippen molar-refractivity contribution in [2.24, 2.45) is 7.05 Å². The van der Waals surface area contributed by atoms with E-state index in [0.29, 0.717) is 22.8 Å². The molecule has 3 aromatic heterocycles. The van der Waals surface area contributed by atoms with Crippen LogP contribution in [0.5, 0.6) is 5.88 Å². The van der Waals surface area contributed by atoms with Crippen LogP contribution < -0.4 is 4.74 Å². The van der Waals surface area contributed by atoms with Gasteiger partial charge >= 0.3 is 5.97 Å². The number of esters is 1. The molecule has 158 valence electrons. The van der Waals surface area contributed by atoms with Crippen LogP contribution in [0.4, 0.5) is 0 Å². The number of nitrogens with zero attached hydrogens (tertiary/aromatic N) is 4. The molecule has 0 unspecified atom stereocenters. The fourth-order valence-electron chi connectivity index (χ4n) is 3.64. The molecule has 0 saturated carbocycles. The number of benzene rings is 1. The molecule has 0 saturated heterocycles. The molecule has 0 fully saturated rings. The Morgan fingerprint density at radius 1 is 1.16 bits per heavy atom. The molecule has 8 nitrogen and oxygen atoms in total. The van der Waals surface area contributed by atoms with E-state index in [0.717, 1.165) is 5.69 Å². The first-order chi connectivity index (χ1) is 15.0. The molecule has 0 aliphatic heterocycles. The summed E-state index contributed by atoms with van der Waals surface area (Å²) >= 11 is 0. The molecular formula is C23H22N4O4. The van der Waals surface area contributed by atoms with E-state index in [1.165, 1.54) is 6.92 Å². The van der Waals surface area contributed by atoms with Crippen molar-refractivity contribution in [2.45, 2.75) is 26.2 Å². The van der Waals surface area contributed by atoms with Crippen molar-refractivity contribution in [1.29, 1.82) is 0 Å². The minimum absolute atomic E-state index is 0.0773. The second-order valence-corrected chi connectivity index (χ2v) is 7.20. The highest BCUT2D eigenvalue weighted by molar-refractivity contribution is 5.93. The Hall–Kier alpha value is -3.94. The number of ketones is 1. The third-order valence-electron chi connectivity index (χ3n) is 5.00.